The zero-order valence-electron chi connectivity index (χ0n) is 35.0. The summed E-state index contributed by atoms with van der Waals surface area (Å²) in [5.74, 6) is -1.76. The molecule has 2 bridgehead atoms. The van der Waals surface area contributed by atoms with Gasteiger partial charge in [-0.25, -0.2) is 0 Å². The number of aromatic hydroxyl groups is 2. The van der Waals surface area contributed by atoms with E-state index in [0.717, 1.165) is 12.8 Å². The van der Waals surface area contributed by atoms with Gasteiger partial charge in [-0.15, -0.1) is 12.8 Å². The number of amides is 1. The Kier molecular flexibility index (Phi) is 14.6. The molecule has 5 rings (SSSR count). The number of benzene rings is 2. The van der Waals surface area contributed by atoms with Crippen molar-refractivity contribution in [2.24, 2.45) is 33.7 Å². The summed E-state index contributed by atoms with van der Waals surface area (Å²) in [7, 11) is 2.10. The summed E-state index contributed by atoms with van der Waals surface area (Å²) in [6.07, 6.45) is 16.3. The number of rotatable bonds is 4. The lowest BCUT2D eigenvalue weighted by molar-refractivity contribution is -0.112. The maximum Gasteiger partial charge on any atom is 0.251 e. The molecule has 0 aliphatic carbocycles. The summed E-state index contributed by atoms with van der Waals surface area (Å²) in [6, 6.07) is 0.603. The number of carbonyl (C=O) groups is 2. The number of hydrogen-bond donors (Lipinski definition) is 5. The second-order valence-corrected chi connectivity index (χ2v) is 16.7. The normalized spacial score (nSPS) is 32.1. The Morgan fingerprint density at radius 2 is 1.59 bits per heavy atom. The first-order chi connectivity index (χ1) is 26.4. The quantitative estimate of drug-likeness (QED) is 0.173. The van der Waals surface area contributed by atoms with Gasteiger partial charge in [0.1, 0.15) is 22.5 Å². The van der Waals surface area contributed by atoms with Crippen LogP contribution in [0, 0.1) is 43.4 Å². The van der Waals surface area contributed by atoms with Crippen LogP contribution in [0.1, 0.15) is 116 Å². The van der Waals surface area contributed by atoms with Crippen molar-refractivity contribution in [3.63, 3.8) is 0 Å². The van der Waals surface area contributed by atoms with Crippen molar-refractivity contribution < 1.29 is 34.8 Å². The highest BCUT2D eigenvalue weighted by molar-refractivity contribution is 6.16. The van der Waals surface area contributed by atoms with Gasteiger partial charge in [-0.2, -0.15) is 0 Å². The molecule has 0 radical (unpaired) electrons. The average Bonchev–Trinajstić information content (AvgIpc) is 3.67. The number of aliphatic hydroxyl groups excluding tert-OH is 2. The lowest BCUT2D eigenvalue weighted by atomic mass is 9.80. The van der Waals surface area contributed by atoms with Crippen molar-refractivity contribution in [1.82, 2.24) is 4.90 Å². The van der Waals surface area contributed by atoms with Gasteiger partial charge in [0.2, 0.25) is 0 Å². The van der Waals surface area contributed by atoms with Crippen LogP contribution in [-0.2, 0) is 4.79 Å². The number of nitrogens with one attached hydrogen (secondary N) is 1. The van der Waals surface area contributed by atoms with Gasteiger partial charge in [-0.3, -0.25) is 19.6 Å². The molecule has 3 heterocycles. The zero-order chi connectivity index (χ0) is 41.8. The van der Waals surface area contributed by atoms with Crippen molar-refractivity contribution in [2.45, 2.75) is 137 Å². The molecule has 306 valence electrons. The minimum absolute atomic E-state index is 0.00128. The number of phenols is 2. The fraction of sp³-hybridized carbons (Fsp3) is 0.600. The third-order valence-corrected chi connectivity index (χ3v) is 12.3. The summed E-state index contributed by atoms with van der Waals surface area (Å²) in [5, 5.41) is 50.1. The molecule has 2 aromatic carbocycles. The highest BCUT2D eigenvalue weighted by Crippen LogP contribution is 2.45. The maximum absolute atomic E-state index is 14.5. The molecule has 11 heteroatoms. The zero-order valence-corrected chi connectivity index (χ0v) is 35.0. The Bertz CT molecular complexity index is 2000. The van der Waals surface area contributed by atoms with Crippen molar-refractivity contribution in [1.29, 1.82) is 0 Å². The number of aliphatic hydroxyl groups is 2. The highest BCUT2D eigenvalue weighted by Gasteiger charge is 2.39. The van der Waals surface area contributed by atoms with Crippen molar-refractivity contribution in [2.75, 3.05) is 19.0 Å². The first kappa shape index (κ1) is 44.5. The second-order valence-electron chi connectivity index (χ2n) is 16.7. The molecule has 5 N–H and O–H groups in total. The summed E-state index contributed by atoms with van der Waals surface area (Å²) in [5.41, 5.74) is -0.116. The Labute approximate surface area is 332 Å². The number of likely N-dealkylation sites (tertiary alicyclic amines) is 1. The van der Waals surface area contributed by atoms with Gasteiger partial charge in [0, 0.05) is 47.4 Å². The van der Waals surface area contributed by atoms with Gasteiger partial charge in [0.25, 0.3) is 5.91 Å². The number of ketones is 1. The number of carbonyl (C=O) groups excluding carboxylic acids is 2. The molecule has 1 saturated heterocycles. The molecule has 11 nitrogen and oxygen atoms in total. The van der Waals surface area contributed by atoms with Crippen LogP contribution >= 0.6 is 0 Å². The number of anilines is 1. The minimum atomic E-state index is -0.988. The number of terminal acetylenes is 1. The van der Waals surface area contributed by atoms with Gasteiger partial charge in [-0.05, 0) is 91.5 Å². The van der Waals surface area contributed by atoms with E-state index in [9.17, 15) is 30.0 Å². The van der Waals surface area contributed by atoms with Gasteiger partial charge in [0.15, 0.2) is 17.2 Å². The van der Waals surface area contributed by atoms with E-state index in [1.54, 1.807) is 26.8 Å². The van der Waals surface area contributed by atoms with Crippen LogP contribution in [0.4, 0.5) is 5.69 Å². The van der Waals surface area contributed by atoms with E-state index in [0.29, 0.717) is 42.7 Å². The SMILES string of the molecule is C#C.CCOc1c(C)c(O)c2c(O)c3c4c(c2c1C(=O)CCC[C@@H](C)[C@@H](O)[C@H](C)[C@H](O)[C@H](C)C[C@@H](C)/C=C/C=C(/C)C(=O)N3)=N[C@](C)(CC1CCC(C)N1C)N=4. The Morgan fingerprint density at radius 3 is 2.21 bits per heavy atom. The molecule has 2 unspecified atom stereocenters. The number of nitrogens with zero attached hydrogens (tertiary/aromatic N) is 3. The standard InChI is InChI=1S/C43H62N4O7.C2H2/c1-11-54-41-28(8)39(51)33-32-31(41)30(48)17-13-15-23(3)37(49)27(7)38(50)25(5)20-22(2)14-12-16-24(4)42(53)44-36(40(33)52)35-34(32)45-43(9,46-35)21-29-19-18-26(6)47(29)10;1-2/h12,14,16,22-23,25-27,29,37-38,49-52H,11,13,15,17-21H2,1-10H3,(H,44,53);1-2H/b14-12+,24-16-;/t22-,23+,25+,26?,27-,29?,37+,38+,43-;/m0./s1. The third-order valence-electron chi connectivity index (χ3n) is 12.3. The predicted molar refractivity (Wildman–Crippen MR) is 222 cm³/mol. The summed E-state index contributed by atoms with van der Waals surface area (Å²) in [6.45, 7) is 17.3. The van der Waals surface area contributed by atoms with Crippen LogP contribution in [0.15, 0.2) is 33.8 Å². The average molecular weight is 773 g/mol. The van der Waals surface area contributed by atoms with Crippen LogP contribution in [-0.4, -0.2) is 80.6 Å². The molecular formula is C45H64N4O7. The van der Waals surface area contributed by atoms with Crippen molar-refractivity contribution in [3.05, 3.63) is 45.6 Å². The largest absolute Gasteiger partial charge is 0.507 e. The number of allylic oxidation sites excluding steroid dienone is 3. The first-order valence-corrected chi connectivity index (χ1v) is 20.2. The molecule has 0 saturated carbocycles. The van der Waals surface area contributed by atoms with Crippen LogP contribution in [0.2, 0.25) is 0 Å². The van der Waals surface area contributed by atoms with Gasteiger partial charge >= 0.3 is 0 Å². The maximum atomic E-state index is 14.5. The fourth-order valence-electron chi connectivity index (χ4n) is 8.80. The van der Waals surface area contributed by atoms with Crippen LogP contribution in [0.25, 0.3) is 10.8 Å². The molecule has 3 aliphatic rings. The molecule has 1 amide bonds. The molecule has 9 atom stereocenters. The summed E-state index contributed by atoms with van der Waals surface area (Å²) >= 11 is 0. The van der Waals surface area contributed by atoms with E-state index in [-0.39, 0.29) is 93.0 Å². The lowest BCUT2D eigenvalue weighted by Gasteiger charge is -2.32. The Morgan fingerprint density at radius 1 is 0.946 bits per heavy atom. The fourth-order valence-corrected chi connectivity index (χ4v) is 8.80. The Balaban J connectivity index is 0.00000342. The van der Waals surface area contributed by atoms with E-state index in [1.165, 1.54) is 0 Å². The predicted octanol–water partition coefficient (Wildman–Crippen LogP) is 6.51. The summed E-state index contributed by atoms with van der Waals surface area (Å²) < 4.78 is 6.09. The van der Waals surface area contributed by atoms with E-state index in [1.807, 2.05) is 46.8 Å². The number of Topliss-reactive ketones (excluding diaryl/α,β-unsaturated/α-hetero) is 1. The minimum Gasteiger partial charge on any atom is -0.507 e. The molecule has 3 aliphatic heterocycles. The molecule has 1 fully saturated rings. The molecule has 0 aromatic heterocycles. The van der Waals surface area contributed by atoms with E-state index >= 15 is 0 Å². The second kappa shape index (κ2) is 18.4. The van der Waals surface area contributed by atoms with E-state index < -0.39 is 29.5 Å². The lowest BCUT2D eigenvalue weighted by Crippen LogP contribution is -2.38. The van der Waals surface area contributed by atoms with Crippen LogP contribution in [0.5, 0.6) is 17.2 Å². The van der Waals surface area contributed by atoms with Gasteiger partial charge in [0.05, 0.1) is 35.1 Å². The highest BCUT2D eigenvalue weighted by atomic mass is 16.5. The molecule has 56 heavy (non-hydrogen) atoms. The Hall–Kier alpha value is -4.24. The van der Waals surface area contributed by atoms with Gasteiger partial charge < -0.3 is 35.4 Å². The van der Waals surface area contributed by atoms with E-state index in [2.05, 4.69) is 37.0 Å². The monoisotopic (exact) mass is 772 g/mol. The number of phenolic OH excluding ortho intramolecular Hbond substituents is 2. The van der Waals surface area contributed by atoms with E-state index in [4.69, 9.17) is 14.7 Å². The summed E-state index contributed by atoms with van der Waals surface area (Å²) in [4.78, 5) is 41.0. The number of hydrogen-bond acceptors (Lipinski definition) is 10. The third kappa shape index (κ3) is 8.98. The molecular weight excluding hydrogens is 709 g/mol. The number of ether oxygens (including phenoxy) is 1. The first-order valence-electron chi connectivity index (χ1n) is 20.2. The van der Waals surface area contributed by atoms with Crippen molar-refractivity contribution in [3.8, 4) is 30.1 Å². The van der Waals surface area contributed by atoms with Gasteiger partial charge in [-0.1, -0.05) is 45.9 Å². The molecule has 0 spiro atoms. The molecule has 2 aromatic rings. The van der Waals surface area contributed by atoms with Crippen molar-refractivity contribution >= 4 is 28.2 Å². The smallest absolute Gasteiger partial charge is 0.251 e. The van der Waals surface area contributed by atoms with Crippen LogP contribution in [0.3, 0.4) is 0 Å². The topological polar surface area (TPSA) is 164 Å². The van der Waals surface area contributed by atoms with Crippen LogP contribution < -0.4 is 20.8 Å².